The van der Waals surface area contributed by atoms with E-state index in [0.29, 0.717) is 18.0 Å². The maximum absolute atomic E-state index is 11.4. The predicted molar refractivity (Wildman–Crippen MR) is 91.8 cm³/mol. The number of nitrogens with one attached hydrogen (secondary N) is 1. The summed E-state index contributed by atoms with van der Waals surface area (Å²) in [5.74, 6) is 0.0333. The molecule has 5 heteroatoms. The van der Waals surface area contributed by atoms with Gasteiger partial charge in [-0.25, -0.2) is 0 Å². The van der Waals surface area contributed by atoms with Crippen LogP contribution in [0.1, 0.15) is 12.0 Å². The van der Waals surface area contributed by atoms with Crippen molar-refractivity contribution in [3.05, 3.63) is 42.0 Å². The van der Waals surface area contributed by atoms with Crippen LogP contribution < -0.4 is 16.0 Å². The van der Waals surface area contributed by atoms with Gasteiger partial charge < -0.3 is 16.0 Å². The summed E-state index contributed by atoms with van der Waals surface area (Å²) in [6.45, 7) is 0.649. The molecule has 0 aliphatic heterocycles. The van der Waals surface area contributed by atoms with Crippen LogP contribution in [0.3, 0.4) is 0 Å². The molecular formula is C16H19N3OS. The second-order valence-electron chi connectivity index (χ2n) is 4.89. The Labute approximate surface area is 129 Å². The third-order valence-corrected chi connectivity index (χ3v) is 3.75. The van der Waals surface area contributed by atoms with Crippen molar-refractivity contribution in [2.45, 2.75) is 6.42 Å². The third kappa shape index (κ3) is 3.31. The zero-order valence-corrected chi connectivity index (χ0v) is 13.0. The van der Waals surface area contributed by atoms with Gasteiger partial charge in [0.05, 0.1) is 0 Å². The lowest BCUT2D eigenvalue weighted by atomic mass is 10.0. The number of carbonyl (C=O) groups excluding carboxylic acids is 1. The van der Waals surface area contributed by atoms with Crippen LogP contribution in [0.15, 0.2) is 36.4 Å². The predicted octanol–water partition coefficient (Wildman–Crippen LogP) is 2.05. The van der Waals surface area contributed by atoms with Crippen LogP contribution in [0.25, 0.3) is 10.8 Å². The Morgan fingerprint density at radius 1 is 1.24 bits per heavy atom. The van der Waals surface area contributed by atoms with Crippen LogP contribution >= 0.6 is 12.2 Å². The molecule has 0 saturated heterocycles. The number of carbonyl (C=O) groups is 1. The van der Waals surface area contributed by atoms with Gasteiger partial charge in [0.2, 0.25) is 5.91 Å². The molecule has 3 N–H and O–H groups in total. The standard InChI is InChI=1S/C16H19N3OS/c1-18-15(20)9-10-19(2)14-8-7-13(16(17)21)11-5-3-4-6-12(11)14/h3-8H,9-10H2,1-2H3,(H2,17,21)(H,18,20). The number of benzene rings is 2. The first-order valence-electron chi connectivity index (χ1n) is 6.78. The molecule has 0 saturated carbocycles. The van der Waals surface area contributed by atoms with Gasteiger partial charge in [-0.05, 0) is 17.5 Å². The smallest absolute Gasteiger partial charge is 0.221 e. The van der Waals surface area contributed by atoms with Gasteiger partial charge >= 0.3 is 0 Å². The molecule has 0 aliphatic rings. The molecule has 0 aliphatic carbocycles. The Morgan fingerprint density at radius 3 is 2.52 bits per heavy atom. The van der Waals surface area contributed by atoms with Crippen molar-refractivity contribution in [1.82, 2.24) is 5.32 Å². The number of hydrogen-bond donors (Lipinski definition) is 2. The summed E-state index contributed by atoms with van der Waals surface area (Å²) >= 11 is 5.11. The molecule has 21 heavy (non-hydrogen) atoms. The molecule has 0 spiro atoms. The van der Waals surface area contributed by atoms with Gasteiger partial charge in [0.15, 0.2) is 0 Å². The molecule has 0 unspecified atom stereocenters. The van der Waals surface area contributed by atoms with Crippen LogP contribution in [-0.4, -0.2) is 31.5 Å². The van der Waals surface area contributed by atoms with E-state index in [1.807, 2.05) is 43.4 Å². The van der Waals surface area contributed by atoms with E-state index in [1.54, 1.807) is 7.05 Å². The minimum atomic E-state index is 0.0333. The van der Waals surface area contributed by atoms with Gasteiger partial charge in [0.1, 0.15) is 4.99 Å². The number of amides is 1. The van der Waals surface area contributed by atoms with E-state index in [-0.39, 0.29) is 5.91 Å². The van der Waals surface area contributed by atoms with Gasteiger partial charge in [-0.2, -0.15) is 0 Å². The average Bonchev–Trinajstić information content (AvgIpc) is 2.50. The topological polar surface area (TPSA) is 58.4 Å². The van der Waals surface area contributed by atoms with Crippen molar-refractivity contribution in [2.24, 2.45) is 5.73 Å². The Balaban J connectivity index is 2.39. The molecular weight excluding hydrogens is 282 g/mol. The fraction of sp³-hybridized carbons (Fsp3) is 0.250. The first-order chi connectivity index (χ1) is 10.0. The second-order valence-corrected chi connectivity index (χ2v) is 5.33. The molecule has 0 bridgehead atoms. The zero-order chi connectivity index (χ0) is 15.4. The molecule has 2 rings (SSSR count). The summed E-state index contributed by atoms with van der Waals surface area (Å²) in [5, 5.41) is 4.76. The van der Waals surface area contributed by atoms with Crippen molar-refractivity contribution in [3.63, 3.8) is 0 Å². The van der Waals surface area contributed by atoms with E-state index in [0.717, 1.165) is 22.0 Å². The molecule has 0 radical (unpaired) electrons. The molecule has 2 aromatic carbocycles. The van der Waals surface area contributed by atoms with E-state index >= 15 is 0 Å². The fourth-order valence-electron chi connectivity index (χ4n) is 2.35. The Kier molecular flexibility index (Phi) is 4.75. The average molecular weight is 301 g/mol. The Hall–Kier alpha value is -2.14. The summed E-state index contributed by atoms with van der Waals surface area (Å²) in [4.78, 5) is 13.8. The molecule has 4 nitrogen and oxygen atoms in total. The highest BCUT2D eigenvalue weighted by Gasteiger charge is 2.11. The lowest BCUT2D eigenvalue weighted by Gasteiger charge is -2.22. The monoisotopic (exact) mass is 301 g/mol. The largest absolute Gasteiger partial charge is 0.389 e. The summed E-state index contributed by atoms with van der Waals surface area (Å²) in [6, 6.07) is 12.0. The highest BCUT2D eigenvalue weighted by molar-refractivity contribution is 7.80. The zero-order valence-electron chi connectivity index (χ0n) is 12.2. The summed E-state index contributed by atoms with van der Waals surface area (Å²) in [7, 11) is 3.62. The minimum Gasteiger partial charge on any atom is -0.389 e. The van der Waals surface area contributed by atoms with Crippen LogP contribution in [0, 0.1) is 0 Å². The maximum Gasteiger partial charge on any atom is 0.221 e. The summed E-state index contributed by atoms with van der Waals surface area (Å²) < 4.78 is 0. The molecule has 1 amide bonds. The Bertz CT molecular complexity index is 684. The number of fused-ring (bicyclic) bond motifs is 1. The van der Waals surface area contributed by atoms with Gasteiger partial charge in [0, 0.05) is 43.7 Å². The molecule has 0 heterocycles. The lowest BCUT2D eigenvalue weighted by molar-refractivity contribution is -0.120. The van der Waals surface area contributed by atoms with Crippen LogP contribution in [0.5, 0.6) is 0 Å². The van der Waals surface area contributed by atoms with Crippen molar-refractivity contribution < 1.29 is 4.79 Å². The highest BCUT2D eigenvalue weighted by atomic mass is 32.1. The maximum atomic E-state index is 11.4. The molecule has 110 valence electrons. The minimum absolute atomic E-state index is 0.0333. The normalized spacial score (nSPS) is 10.4. The van der Waals surface area contributed by atoms with Crippen LogP contribution in [0.2, 0.25) is 0 Å². The molecule has 2 aromatic rings. The molecule has 0 aromatic heterocycles. The van der Waals surface area contributed by atoms with Crippen molar-refractivity contribution in [2.75, 3.05) is 25.5 Å². The first-order valence-corrected chi connectivity index (χ1v) is 7.18. The van der Waals surface area contributed by atoms with E-state index in [1.165, 1.54) is 0 Å². The number of rotatable bonds is 5. The third-order valence-electron chi connectivity index (χ3n) is 3.53. The second kappa shape index (κ2) is 6.54. The summed E-state index contributed by atoms with van der Waals surface area (Å²) in [5.41, 5.74) is 7.73. The number of thiocarbonyl (C=S) groups is 1. The van der Waals surface area contributed by atoms with Crippen molar-refractivity contribution in [1.29, 1.82) is 0 Å². The first kappa shape index (κ1) is 15.3. The summed E-state index contributed by atoms with van der Waals surface area (Å²) in [6.07, 6.45) is 0.457. The van der Waals surface area contributed by atoms with E-state index in [9.17, 15) is 4.79 Å². The highest BCUT2D eigenvalue weighted by Crippen LogP contribution is 2.29. The molecule has 0 atom stereocenters. The molecule has 0 fully saturated rings. The van der Waals surface area contributed by atoms with Crippen molar-refractivity contribution >= 4 is 39.6 Å². The number of hydrogen-bond acceptors (Lipinski definition) is 3. The van der Waals surface area contributed by atoms with E-state index in [2.05, 4.69) is 10.2 Å². The SMILES string of the molecule is CNC(=O)CCN(C)c1ccc(C(N)=S)c2ccccc12. The number of anilines is 1. The lowest BCUT2D eigenvalue weighted by Crippen LogP contribution is -2.26. The quantitative estimate of drug-likeness (QED) is 0.830. The van der Waals surface area contributed by atoms with Gasteiger partial charge in [-0.3, -0.25) is 4.79 Å². The van der Waals surface area contributed by atoms with Gasteiger partial charge in [-0.15, -0.1) is 0 Å². The number of nitrogens with zero attached hydrogens (tertiary/aromatic N) is 1. The van der Waals surface area contributed by atoms with E-state index < -0.39 is 0 Å². The van der Waals surface area contributed by atoms with Crippen LogP contribution in [-0.2, 0) is 4.79 Å². The fourth-order valence-corrected chi connectivity index (χ4v) is 2.52. The van der Waals surface area contributed by atoms with Crippen molar-refractivity contribution in [3.8, 4) is 0 Å². The number of nitrogens with two attached hydrogens (primary N) is 1. The van der Waals surface area contributed by atoms with Gasteiger partial charge in [0.25, 0.3) is 0 Å². The van der Waals surface area contributed by atoms with Gasteiger partial charge in [-0.1, -0.05) is 36.5 Å². The Morgan fingerprint density at radius 2 is 1.90 bits per heavy atom. The van der Waals surface area contributed by atoms with Crippen LogP contribution in [0.4, 0.5) is 5.69 Å². The van der Waals surface area contributed by atoms with E-state index in [4.69, 9.17) is 18.0 Å².